The van der Waals surface area contributed by atoms with E-state index in [1.807, 2.05) is 17.5 Å². The van der Waals surface area contributed by atoms with E-state index in [0.717, 1.165) is 46.0 Å². The molecule has 1 aliphatic carbocycles. The Morgan fingerprint density at radius 2 is 2.03 bits per heavy atom. The topological polar surface area (TPSA) is 61.8 Å². The molecule has 0 unspecified atom stereocenters. The lowest BCUT2D eigenvalue weighted by molar-refractivity contribution is -0.123. The SMILES string of the molecule is Cc1ccc(C2=NCC(=O)N(CC(=O)NCc3cccs3)c3sc4c(c32)CCC4)cc1. The van der Waals surface area contributed by atoms with Gasteiger partial charge in [0.2, 0.25) is 11.8 Å². The van der Waals surface area contributed by atoms with Crippen LogP contribution in [0.1, 0.15) is 38.4 Å². The lowest BCUT2D eigenvalue weighted by Crippen LogP contribution is -2.41. The first kappa shape index (κ1) is 20.2. The Kier molecular flexibility index (Phi) is 5.46. The molecule has 0 saturated carbocycles. The van der Waals surface area contributed by atoms with Crippen LogP contribution in [-0.2, 0) is 29.0 Å². The third kappa shape index (κ3) is 3.95. The first-order valence-electron chi connectivity index (χ1n) is 10.5. The smallest absolute Gasteiger partial charge is 0.249 e. The van der Waals surface area contributed by atoms with Gasteiger partial charge in [-0.1, -0.05) is 35.9 Å². The Morgan fingerprint density at radius 1 is 1.19 bits per heavy atom. The average molecular weight is 450 g/mol. The van der Waals surface area contributed by atoms with Crippen LogP contribution in [0, 0.1) is 6.92 Å². The number of thiophene rings is 2. The van der Waals surface area contributed by atoms with Crippen molar-refractivity contribution < 1.29 is 9.59 Å². The fourth-order valence-electron chi connectivity index (χ4n) is 4.15. The second kappa shape index (κ2) is 8.40. The van der Waals surface area contributed by atoms with Crippen molar-refractivity contribution in [2.75, 3.05) is 18.0 Å². The zero-order valence-corrected chi connectivity index (χ0v) is 18.9. The minimum atomic E-state index is -0.153. The molecular formula is C24H23N3O2S2. The van der Waals surface area contributed by atoms with Gasteiger partial charge in [0, 0.05) is 20.9 Å². The number of fused-ring (bicyclic) bond motifs is 3. The molecule has 1 aliphatic heterocycles. The molecule has 7 heteroatoms. The van der Waals surface area contributed by atoms with Crippen LogP contribution >= 0.6 is 22.7 Å². The predicted molar refractivity (Wildman–Crippen MR) is 127 cm³/mol. The largest absolute Gasteiger partial charge is 0.350 e. The zero-order chi connectivity index (χ0) is 21.4. The van der Waals surface area contributed by atoms with Gasteiger partial charge in [-0.05, 0) is 43.2 Å². The number of anilines is 1. The summed E-state index contributed by atoms with van der Waals surface area (Å²) in [5.41, 5.74) is 5.45. The number of amides is 2. The lowest BCUT2D eigenvalue weighted by atomic mass is 9.98. The summed E-state index contributed by atoms with van der Waals surface area (Å²) in [7, 11) is 0. The van der Waals surface area contributed by atoms with Gasteiger partial charge < -0.3 is 5.32 Å². The van der Waals surface area contributed by atoms with Crippen LogP contribution < -0.4 is 10.2 Å². The van der Waals surface area contributed by atoms with Gasteiger partial charge in [-0.2, -0.15) is 0 Å². The minimum absolute atomic E-state index is 0.0211. The highest BCUT2D eigenvalue weighted by atomic mass is 32.1. The lowest BCUT2D eigenvalue weighted by Gasteiger charge is -2.20. The Morgan fingerprint density at radius 3 is 2.81 bits per heavy atom. The summed E-state index contributed by atoms with van der Waals surface area (Å²) in [6.07, 6.45) is 3.16. The highest BCUT2D eigenvalue weighted by molar-refractivity contribution is 7.17. The van der Waals surface area contributed by atoms with E-state index in [2.05, 4.69) is 36.5 Å². The maximum Gasteiger partial charge on any atom is 0.249 e. The van der Waals surface area contributed by atoms with Gasteiger partial charge in [0.1, 0.15) is 18.1 Å². The number of aliphatic imine (C=N–C) groups is 1. The molecule has 0 atom stereocenters. The highest BCUT2D eigenvalue weighted by Crippen LogP contribution is 2.43. The van der Waals surface area contributed by atoms with E-state index in [-0.39, 0.29) is 24.9 Å². The van der Waals surface area contributed by atoms with E-state index in [1.165, 1.54) is 16.0 Å². The maximum atomic E-state index is 13.1. The van der Waals surface area contributed by atoms with Crippen molar-refractivity contribution in [3.05, 3.63) is 73.8 Å². The number of hydrogen-bond donors (Lipinski definition) is 1. The van der Waals surface area contributed by atoms with Crippen molar-refractivity contribution in [2.24, 2.45) is 4.99 Å². The Bertz CT molecular complexity index is 1160. The predicted octanol–water partition coefficient (Wildman–Crippen LogP) is 4.11. The van der Waals surface area contributed by atoms with E-state index >= 15 is 0 Å². The molecule has 3 aromatic rings. The third-order valence-corrected chi connectivity index (χ3v) is 7.92. The number of nitrogens with zero attached hydrogens (tertiary/aromatic N) is 2. The quantitative estimate of drug-likeness (QED) is 0.637. The first-order valence-corrected chi connectivity index (χ1v) is 12.2. The molecule has 1 N–H and O–H groups in total. The van der Waals surface area contributed by atoms with Crippen molar-refractivity contribution >= 4 is 45.2 Å². The van der Waals surface area contributed by atoms with Crippen LogP contribution in [0.15, 0.2) is 46.8 Å². The normalized spacial score (nSPS) is 15.3. The molecule has 2 amide bonds. The van der Waals surface area contributed by atoms with Crippen LogP contribution in [0.5, 0.6) is 0 Å². The Hall–Kier alpha value is -2.77. The second-order valence-electron chi connectivity index (χ2n) is 7.90. The number of carbonyl (C=O) groups excluding carboxylic acids is 2. The molecule has 1 aromatic carbocycles. The van der Waals surface area contributed by atoms with Gasteiger partial charge in [0.05, 0.1) is 12.3 Å². The van der Waals surface area contributed by atoms with Crippen molar-refractivity contribution in [3.63, 3.8) is 0 Å². The molecule has 0 saturated heterocycles. The van der Waals surface area contributed by atoms with Gasteiger partial charge in [-0.3, -0.25) is 19.5 Å². The highest BCUT2D eigenvalue weighted by Gasteiger charge is 2.33. The van der Waals surface area contributed by atoms with E-state index in [1.54, 1.807) is 27.6 Å². The summed E-state index contributed by atoms with van der Waals surface area (Å²) in [6, 6.07) is 12.3. The summed E-state index contributed by atoms with van der Waals surface area (Å²) in [6.45, 7) is 2.62. The van der Waals surface area contributed by atoms with Crippen molar-refractivity contribution in [3.8, 4) is 0 Å². The van der Waals surface area contributed by atoms with Gasteiger partial charge in [-0.25, -0.2) is 0 Å². The van der Waals surface area contributed by atoms with Gasteiger partial charge in [0.25, 0.3) is 0 Å². The summed E-state index contributed by atoms with van der Waals surface area (Å²) >= 11 is 3.26. The molecule has 158 valence electrons. The molecule has 31 heavy (non-hydrogen) atoms. The molecule has 0 radical (unpaired) electrons. The number of rotatable bonds is 5. The average Bonchev–Trinajstić information content (AvgIpc) is 3.49. The van der Waals surface area contributed by atoms with E-state index in [0.29, 0.717) is 6.54 Å². The van der Waals surface area contributed by atoms with Gasteiger partial charge in [0.15, 0.2) is 0 Å². The summed E-state index contributed by atoms with van der Waals surface area (Å²) in [4.78, 5) is 34.6. The molecule has 2 aliphatic rings. The Balaban J connectivity index is 1.47. The molecular weight excluding hydrogens is 426 g/mol. The third-order valence-electron chi connectivity index (χ3n) is 5.72. The van der Waals surface area contributed by atoms with Crippen LogP contribution in [0.25, 0.3) is 0 Å². The first-order chi connectivity index (χ1) is 15.1. The molecule has 5 nitrogen and oxygen atoms in total. The number of aryl methyl sites for hydroxylation is 2. The summed E-state index contributed by atoms with van der Waals surface area (Å²) in [5, 5.41) is 5.81. The fraction of sp³-hybridized carbons (Fsp3) is 0.292. The number of carbonyl (C=O) groups is 2. The van der Waals surface area contributed by atoms with Crippen LogP contribution in [-0.4, -0.2) is 30.6 Å². The number of nitrogens with one attached hydrogen (secondary N) is 1. The van der Waals surface area contributed by atoms with E-state index in [4.69, 9.17) is 4.99 Å². The number of hydrogen-bond acceptors (Lipinski definition) is 5. The summed E-state index contributed by atoms with van der Waals surface area (Å²) < 4.78 is 0. The van der Waals surface area contributed by atoms with E-state index < -0.39 is 0 Å². The monoisotopic (exact) mass is 449 g/mol. The van der Waals surface area contributed by atoms with Crippen LogP contribution in [0.2, 0.25) is 0 Å². The Labute approximate surface area is 189 Å². The van der Waals surface area contributed by atoms with Gasteiger partial charge in [-0.15, -0.1) is 22.7 Å². The second-order valence-corrected chi connectivity index (χ2v) is 10.0. The molecule has 5 rings (SSSR count). The van der Waals surface area contributed by atoms with Crippen molar-refractivity contribution in [2.45, 2.75) is 32.7 Å². The molecule has 0 spiro atoms. The standard InChI is InChI=1S/C24H23N3O2S2/c1-15-7-9-16(10-8-15)23-22-18-5-2-6-19(18)31-24(22)27(21(29)13-26-23)14-20(28)25-12-17-4-3-11-30-17/h3-4,7-11H,2,5-6,12-14H2,1H3,(H,25,28). The molecule has 3 heterocycles. The molecule has 0 fully saturated rings. The fourth-order valence-corrected chi connectivity index (χ4v) is 6.20. The molecule has 2 aromatic heterocycles. The van der Waals surface area contributed by atoms with Crippen LogP contribution in [0.4, 0.5) is 5.00 Å². The van der Waals surface area contributed by atoms with Crippen molar-refractivity contribution in [1.82, 2.24) is 5.32 Å². The maximum absolute atomic E-state index is 13.1. The van der Waals surface area contributed by atoms with Crippen molar-refractivity contribution in [1.29, 1.82) is 0 Å². The zero-order valence-electron chi connectivity index (χ0n) is 17.3. The summed E-state index contributed by atoms with van der Waals surface area (Å²) in [5.74, 6) is -0.283. The molecule has 0 bridgehead atoms. The van der Waals surface area contributed by atoms with Crippen LogP contribution in [0.3, 0.4) is 0 Å². The number of benzene rings is 1. The van der Waals surface area contributed by atoms with Gasteiger partial charge >= 0.3 is 0 Å². The van der Waals surface area contributed by atoms with E-state index in [9.17, 15) is 9.59 Å². The minimum Gasteiger partial charge on any atom is -0.350 e.